The number of carboxylic acids is 1. The molecule has 0 unspecified atom stereocenters. The van der Waals surface area contributed by atoms with Gasteiger partial charge < -0.3 is 14.6 Å². The SMILES string of the molecule is COc1cccc(COc2cccc(-c3cnn(C)c3C(=O)O)c2)c1. The Bertz CT molecular complexity index is 902. The van der Waals surface area contributed by atoms with Crippen molar-refractivity contribution in [1.29, 1.82) is 0 Å². The number of carboxylic acid groups (broad SMARTS) is 1. The van der Waals surface area contributed by atoms with Crippen LogP contribution in [0.3, 0.4) is 0 Å². The van der Waals surface area contributed by atoms with Crippen molar-refractivity contribution in [2.75, 3.05) is 7.11 Å². The molecule has 0 amide bonds. The molecule has 6 nitrogen and oxygen atoms in total. The highest BCUT2D eigenvalue weighted by atomic mass is 16.5. The maximum Gasteiger partial charge on any atom is 0.354 e. The fourth-order valence-electron chi connectivity index (χ4n) is 2.58. The second-order valence-electron chi connectivity index (χ2n) is 5.50. The summed E-state index contributed by atoms with van der Waals surface area (Å²) < 4.78 is 12.4. The molecule has 0 aliphatic carbocycles. The van der Waals surface area contributed by atoms with Gasteiger partial charge in [0, 0.05) is 12.6 Å². The lowest BCUT2D eigenvalue weighted by Gasteiger charge is -2.09. The van der Waals surface area contributed by atoms with Crippen LogP contribution in [-0.4, -0.2) is 28.0 Å². The second-order valence-corrected chi connectivity index (χ2v) is 5.50. The van der Waals surface area contributed by atoms with E-state index in [0.29, 0.717) is 17.9 Å². The van der Waals surface area contributed by atoms with Crippen LogP contribution in [0.5, 0.6) is 11.5 Å². The van der Waals surface area contributed by atoms with Crippen LogP contribution in [0.2, 0.25) is 0 Å². The monoisotopic (exact) mass is 338 g/mol. The number of ether oxygens (including phenoxy) is 2. The molecule has 25 heavy (non-hydrogen) atoms. The first-order valence-corrected chi connectivity index (χ1v) is 7.70. The normalized spacial score (nSPS) is 10.5. The zero-order valence-electron chi connectivity index (χ0n) is 14.0. The third-order valence-corrected chi connectivity index (χ3v) is 3.83. The Morgan fingerprint density at radius 2 is 1.92 bits per heavy atom. The van der Waals surface area contributed by atoms with Gasteiger partial charge in [-0.25, -0.2) is 4.79 Å². The molecule has 3 rings (SSSR count). The quantitative estimate of drug-likeness (QED) is 0.746. The first-order valence-electron chi connectivity index (χ1n) is 7.70. The Hall–Kier alpha value is -3.28. The first kappa shape index (κ1) is 16.6. The molecule has 0 aliphatic rings. The number of methoxy groups -OCH3 is 1. The van der Waals surface area contributed by atoms with Gasteiger partial charge in [-0.05, 0) is 35.4 Å². The molecule has 0 radical (unpaired) electrons. The molecule has 1 heterocycles. The zero-order chi connectivity index (χ0) is 17.8. The Labute approximate surface area is 145 Å². The molecule has 0 saturated carbocycles. The van der Waals surface area contributed by atoms with E-state index in [9.17, 15) is 9.90 Å². The molecular formula is C19H18N2O4. The molecule has 0 aliphatic heterocycles. The third kappa shape index (κ3) is 3.63. The summed E-state index contributed by atoms with van der Waals surface area (Å²) in [6.07, 6.45) is 1.55. The fourth-order valence-corrected chi connectivity index (χ4v) is 2.58. The number of aromatic carboxylic acids is 1. The molecule has 0 fully saturated rings. The largest absolute Gasteiger partial charge is 0.497 e. The van der Waals surface area contributed by atoms with Gasteiger partial charge in [0.2, 0.25) is 0 Å². The summed E-state index contributed by atoms with van der Waals surface area (Å²) in [7, 11) is 3.23. The van der Waals surface area contributed by atoms with Gasteiger partial charge in [0.1, 0.15) is 18.1 Å². The molecule has 0 spiro atoms. The van der Waals surface area contributed by atoms with Crippen LogP contribution in [0.25, 0.3) is 11.1 Å². The summed E-state index contributed by atoms with van der Waals surface area (Å²) >= 11 is 0. The van der Waals surface area contributed by atoms with Crippen molar-refractivity contribution >= 4 is 5.97 Å². The Morgan fingerprint density at radius 1 is 1.16 bits per heavy atom. The minimum Gasteiger partial charge on any atom is -0.497 e. The summed E-state index contributed by atoms with van der Waals surface area (Å²) in [5.41, 5.74) is 2.43. The number of rotatable bonds is 6. The van der Waals surface area contributed by atoms with Gasteiger partial charge >= 0.3 is 5.97 Å². The summed E-state index contributed by atoms with van der Waals surface area (Å²) in [6, 6.07) is 15.0. The summed E-state index contributed by atoms with van der Waals surface area (Å²) in [5, 5.41) is 13.4. The van der Waals surface area contributed by atoms with Crippen molar-refractivity contribution in [3.8, 4) is 22.6 Å². The third-order valence-electron chi connectivity index (χ3n) is 3.83. The van der Waals surface area contributed by atoms with Gasteiger partial charge in [-0.15, -0.1) is 0 Å². The summed E-state index contributed by atoms with van der Waals surface area (Å²) in [6.45, 7) is 0.388. The van der Waals surface area contributed by atoms with Crippen molar-refractivity contribution in [2.24, 2.45) is 7.05 Å². The van der Waals surface area contributed by atoms with Crippen molar-refractivity contribution in [3.05, 3.63) is 66.0 Å². The van der Waals surface area contributed by atoms with Gasteiger partial charge in [0.05, 0.1) is 13.3 Å². The molecule has 128 valence electrons. The maximum atomic E-state index is 11.4. The topological polar surface area (TPSA) is 73.6 Å². The van der Waals surface area contributed by atoms with Gasteiger partial charge in [0.25, 0.3) is 0 Å². The number of carbonyl (C=O) groups is 1. The first-order chi connectivity index (χ1) is 12.1. The molecule has 6 heteroatoms. The average Bonchev–Trinajstić information content (AvgIpc) is 3.02. The van der Waals surface area contributed by atoms with Gasteiger partial charge in [-0.3, -0.25) is 4.68 Å². The Kier molecular flexibility index (Phi) is 4.70. The molecule has 2 aromatic carbocycles. The van der Waals surface area contributed by atoms with Crippen LogP contribution >= 0.6 is 0 Å². The van der Waals surface area contributed by atoms with Crippen molar-refractivity contribution in [1.82, 2.24) is 9.78 Å². The smallest absolute Gasteiger partial charge is 0.354 e. The second kappa shape index (κ2) is 7.09. The molecule has 0 bridgehead atoms. The van der Waals surface area contributed by atoms with E-state index in [2.05, 4.69) is 5.10 Å². The predicted octanol–water partition coefficient (Wildman–Crippen LogP) is 3.37. The number of aryl methyl sites for hydroxylation is 1. The highest BCUT2D eigenvalue weighted by Crippen LogP contribution is 2.27. The molecular weight excluding hydrogens is 320 g/mol. The molecule has 0 atom stereocenters. The van der Waals surface area contributed by atoms with Gasteiger partial charge in [-0.1, -0.05) is 24.3 Å². The number of benzene rings is 2. The number of nitrogens with zero attached hydrogens (tertiary/aromatic N) is 2. The molecule has 1 aromatic heterocycles. The molecule has 1 N–H and O–H groups in total. The van der Waals surface area contributed by atoms with E-state index in [0.717, 1.165) is 16.9 Å². The van der Waals surface area contributed by atoms with E-state index in [1.807, 2.05) is 48.5 Å². The van der Waals surface area contributed by atoms with Crippen LogP contribution in [0, 0.1) is 0 Å². The van der Waals surface area contributed by atoms with E-state index in [1.54, 1.807) is 20.4 Å². The number of aromatic nitrogens is 2. The standard InChI is InChI=1S/C19H18N2O4/c1-21-18(19(22)23)17(11-20-21)14-6-4-8-16(10-14)25-12-13-5-3-7-15(9-13)24-2/h3-11H,12H2,1-2H3,(H,22,23). The van der Waals surface area contributed by atoms with E-state index in [1.165, 1.54) is 4.68 Å². The van der Waals surface area contributed by atoms with Crippen molar-refractivity contribution in [2.45, 2.75) is 6.61 Å². The average molecular weight is 338 g/mol. The number of hydrogen-bond acceptors (Lipinski definition) is 4. The summed E-state index contributed by atoms with van der Waals surface area (Å²) in [5.74, 6) is 0.412. The number of hydrogen-bond donors (Lipinski definition) is 1. The van der Waals surface area contributed by atoms with Crippen LogP contribution in [0.15, 0.2) is 54.7 Å². The van der Waals surface area contributed by atoms with E-state index >= 15 is 0 Å². The molecule has 3 aromatic rings. The molecule has 0 saturated heterocycles. The van der Waals surface area contributed by atoms with E-state index in [4.69, 9.17) is 9.47 Å². The van der Waals surface area contributed by atoms with Gasteiger partial charge in [0.15, 0.2) is 5.69 Å². The predicted molar refractivity (Wildman–Crippen MR) is 92.9 cm³/mol. The van der Waals surface area contributed by atoms with Crippen molar-refractivity contribution in [3.63, 3.8) is 0 Å². The highest BCUT2D eigenvalue weighted by Gasteiger charge is 2.17. The van der Waals surface area contributed by atoms with Crippen LogP contribution < -0.4 is 9.47 Å². The lowest BCUT2D eigenvalue weighted by Crippen LogP contribution is -2.06. The van der Waals surface area contributed by atoms with Crippen LogP contribution in [-0.2, 0) is 13.7 Å². The minimum absolute atomic E-state index is 0.143. The Balaban J connectivity index is 1.81. The Morgan fingerprint density at radius 3 is 2.68 bits per heavy atom. The van der Waals surface area contributed by atoms with E-state index in [-0.39, 0.29) is 5.69 Å². The zero-order valence-corrected chi connectivity index (χ0v) is 14.0. The lowest BCUT2D eigenvalue weighted by atomic mass is 10.1. The summed E-state index contributed by atoms with van der Waals surface area (Å²) in [4.78, 5) is 11.4. The lowest BCUT2D eigenvalue weighted by molar-refractivity contribution is 0.0686. The highest BCUT2D eigenvalue weighted by molar-refractivity contribution is 5.94. The van der Waals surface area contributed by atoms with Crippen molar-refractivity contribution < 1.29 is 19.4 Å². The fraction of sp³-hybridized carbons (Fsp3) is 0.158. The van der Waals surface area contributed by atoms with Crippen LogP contribution in [0.4, 0.5) is 0 Å². The van der Waals surface area contributed by atoms with Gasteiger partial charge in [-0.2, -0.15) is 5.10 Å². The minimum atomic E-state index is -1.02. The van der Waals surface area contributed by atoms with Crippen LogP contribution in [0.1, 0.15) is 16.1 Å². The maximum absolute atomic E-state index is 11.4. The van der Waals surface area contributed by atoms with E-state index < -0.39 is 5.97 Å².